The molecule has 118 valence electrons. The van der Waals surface area contributed by atoms with Crippen molar-refractivity contribution < 1.29 is 14.6 Å². The SMILES string of the molecule is CCC(CC)N(CCO)c1c(Cl)cc(N)cc1C(=O)OC. The standard InChI is InChI=1S/C15H23ClN2O3/c1-4-11(5-2)18(6-7-19)14-12(15(20)21-3)8-10(17)9-13(14)16/h8-9,11,19H,4-7,17H2,1-3H3. The Morgan fingerprint density at radius 2 is 2.05 bits per heavy atom. The molecule has 0 saturated carbocycles. The van der Waals surface area contributed by atoms with Gasteiger partial charge in [0.15, 0.2) is 0 Å². The van der Waals surface area contributed by atoms with Crippen LogP contribution in [0, 0.1) is 0 Å². The molecule has 21 heavy (non-hydrogen) atoms. The molecule has 6 heteroatoms. The van der Waals surface area contributed by atoms with E-state index in [1.807, 2.05) is 4.90 Å². The van der Waals surface area contributed by atoms with E-state index in [0.29, 0.717) is 28.5 Å². The largest absolute Gasteiger partial charge is 0.465 e. The van der Waals surface area contributed by atoms with E-state index in [2.05, 4.69) is 13.8 Å². The summed E-state index contributed by atoms with van der Waals surface area (Å²) in [4.78, 5) is 14.0. The number of rotatable bonds is 7. The third kappa shape index (κ3) is 4.02. The van der Waals surface area contributed by atoms with Gasteiger partial charge < -0.3 is 20.5 Å². The van der Waals surface area contributed by atoms with Crippen LogP contribution in [-0.4, -0.2) is 37.4 Å². The van der Waals surface area contributed by atoms with Crippen molar-refractivity contribution in [2.45, 2.75) is 32.7 Å². The minimum Gasteiger partial charge on any atom is -0.465 e. The molecular formula is C15H23ClN2O3. The van der Waals surface area contributed by atoms with Crippen LogP contribution >= 0.6 is 11.6 Å². The summed E-state index contributed by atoms with van der Waals surface area (Å²) in [5.74, 6) is -0.493. The van der Waals surface area contributed by atoms with E-state index in [0.717, 1.165) is 12.8 Å². The van der Waals surface area contributed by atoms with Gasteiger partial charge >= 0.3 is 5.97 Å². The summed E-state index contributed by atoms with van der Waals surface area (Å²) in [6, 6.07) is 3.33. The van der Waals surface area contributed by atoms with Crippen molar-refractivity contribution in [3.05, 3.63) is 22.7 Å². The Morgan fingerprint density at radius 1 is 1.43 bits per heavy atom. The highest BCUT2D eigenvalue weighted by molar-refractivity contribution is 6.34. The summed E-state index contributed by atoms with van der Waals surface area (Å²) in [7, 11) is 1.32. The molecule has 0 amide bonds. The van der Waals surface area contributed by atoms with E-state index >= 15 is 0 Å². The molecule has 0 aliphatic rings. The maximum Gasteiger partial charge on any atom is 0.340 e. The van der Waals surface area contributed by atoms with Crippen LogP contribution < -0.4 is 10.6 Å². The van der Waals surface area contributed by atoms with E-state index in [4.69, 9.17) is 22.1 Å². The Kier molecular flexibility index (Phi) is 6.78. The molecule has 0 fully saturated rings. The molecule has 1 rings (SSSR count). The normalized spacial score (nSPS) is 10.8. The quantitative estimate of drug-likeness (QED) is 0.598. The zero-order valence-electron chi connectivity index (χ0n) is 12.7. The number of esters is 1. The zero-order chi connectivity index (χ0) is 16.0. The van der Waals surface area contributed by atoms with Gasteiger partial charge in [0.2, 0.25) is 0 Å². The molecule has 0 unspecified atom stereocenters. The molecule has 1 aromatic rings. The Labute approximate surface area is 130 Å². The molecule has 0 heterocycles. The number of carbonyl (C=O) groups is 1. The first-order valence-electron chi connectivity index (χ1n) is 7.04. The van der Waals surface area contributed by atoms with Crippen molar-refractivity contribution in [2.75, 3.05) is 30.9 Å². The number of benzene rings is 1. The molecule has 0 aliphatic heterocycles. The lowest BCUT2D eigenvalue weighted by Gasteiger charge is -2.34. The van der Waals surface area contributed by atoms with Crippen molar-refractivity contribution in [3.8, 4) is 0 Å². The van der Waals surface area contributed by atoms with Crippen LogP contribution in [0.2, 0.25) is 5.02 Å². The van der Waals surface area contributed by atoms with Gasteiger partial charge in [0, 0.05) is 18.3 Å². The highest BCUT2D eigenvalue weighted by Crippen LogP contribution is 2.35. The number of nitrogens with zero attached hydrogens (tertiary/aromatic N) is 1. The monoisotopic (exact) mass is 314 g/mol. The predicted molar refractivity (Wildman–Crippen MR) is 86.0 cm³/mol. The van der Waals surface area contributed by atoms with Crippen molar-refractivity contribution in [1.82, 2.24) is 0 Å². The molecule has 5 nitrogen and oxygen atoms in total. The van der Waals surface area contributed by atoms with E-state index in [1.165, 1.54) is 7.11 Å². The van der Waals surface area contributed by atoms with Gasteiger partial charge in [-0.05, 0) is 25.0 Å². The minimum absolute atomic E-state index is 0.0299. The number of anilines is 2. The molecule has 1 aromatic carbocycles. The number of nitrogens with two attached hydrogens (primary N) is 1. The number of hydrogen-bond donors (Lipinski definition) is 2. The topological polar surface area (TPSA) is 75.8 Å². The number of ether oxygens (including phenoxy) is 1. The second-order valence-electron chi connectivity index (χ2n) is 4.78. The van der Waals surface area contributed by atoms with Crippen molar-refractivity contribution in [1.29, 1.82) is 0 Å². The number of carbonyl (C=O) groups excluding carboxylic acids is 1. The van der Waals surface area contributed by atoms with Gasteiger partial charge in [0.1, 0.15) is 0 Å². The summed E-state index contributed by atoms with van der Waals surface area (Å²) in [5, 5.41) is 9.73. The van der Waals surface area contributed by atoms with Crippen molar-refractivity contribution in [2.24, 2.45) is 0 Å². The summed E-state index contributed by atoms with van der Waals surface area (Å²) >= 11 is 6.31. The van der Waals surface area contributed by atoms with Gasteiger partial charge in [-0.1, -0.05) is 25.4 Å². The van der Waals surface area contributed by atoms with E-state index in [9.17, 15) is 9.90 Å². The molecule has 0 aliphatic carbocycles. The lowest BCUT2D eigenvalue weighted by atomic mass is 10.1. The first-order valence-corrected chi connectivity index (χ1v) is 7.42. The number of halogens is 1. The number of methoxy groups -OCH3 is 1. The maximum absolute atomic E-state index is 12.0. The van der Waals surface area contributed by atoms with Crippen LogP contribution in [0.25, 0.3) is 0 Å². The molecule has 3 N–H and O–H groups in total. The predicted octanol–water partition coefficient (Wildman–Crippen LogP) is 2.70. The first-order chi connectivity index (χ1) is 9.99. The Balaban J connectivity index is 3.44. The molecule has 0 saturated heterocycles. The number of nitrogen functional groups attached to an aromatic ring is 1. The molecule has 0 radical (unpaired) electrons. The van der Waals surface area contributed by atoms with Gasteiger partial charge in [-0.15, -0.1) is 0 Å². The summed E-state index contributed by atoms with van der Waals surface area (Å²) in [5.41, 5.74) is 7.07. The average molecular weight is 315 g/mol. The lowest BCUT2D eigenvalue weighted by molar-refractivity contribution is 0.0601. The van der Waals surface area contributed by atoms with Gasteiger partial charge in [-0.3, -0.25) is 0 Å². The van der Waals surface area contributed by atoms with Crippen LogP contribution in [0.4, 0.5) is 11.4 Å². The van der Waals surface area contributed by atoms with E-state index < -0.39 is 5.97 Å². The molecule has 0 aromatic heterocycles. The average Bonchev–Trinajstić information content (AvgIpc) is 2.46. The number of aliphatic hydroxyl groups excluding tert-OH is 1. The fourth-order valence-corrected chi connectivity index (χ4v) is 2.83. The summed E-state index contributed by atoms with van der Waals surface area (Å²) in [6.07, 6.45) is 1.75. The van der Waals surface area contributed by atoms with Gasteiger partial charge in [0.25, 0.3) is 0 Å². The van der Waals surface area contributed by atoms with Crippen molar-refractivity contribution >= 4 is 28.9 Å². The van der Waals surface area contributed by atoms with Crippen LogP contribution in [0.3, 0.4) is 0 Å². The second-order valence-corrected chi connectivity index (χ2v) is 5.18. The van der Waals surface area contributed by atoms with Gasteiger partial charge in [0.05, 0.1) is 30.0 Å². The van der Waals surface area contributed by atoms with E-state index in [-0.39, 0.29) is 12.6 Å². The number of aliphatic hydroxyl groups is 1. The fourth-order valence-electron chi connectivity index (χ4n) is 2.49. The van der Waals surface area contributed by atoms with Crippen molar-refractivity contribution in [3.63, 3.8) is 0 Å². The third-order valence-corrected chi connectivity index (χ3v) is 3.79. The summed E-state index contributed by atoms with van der Waals surface area (Å²) < 4.78 is 4.82. The molecule has 0 bridgehead atoms. The molecule has 0 spiro atoms. The highest BCUT2D eigenvalue weighted by atomic mass is 35.5. The van der Waals surface area contributed by atoms with Crippen LogP contribution in [0.15, 0.2) is 12.1 Å². The molecule has 0 atom stereocenters. The van der Waals surface area contributed by atoms with Crippen LogP contribution in [0.1, 0.15) is 37.0 Å². The Bertz CT molecular complexity index is 490. The fraction of sp³-hybridized carbons (Fsp3) is 0.533. The minimum atomic E-state index is -0.493. The second kappa shape index (κ2) is 8.10. The Hall–Kier alpha value is -1.46. The maximum atomic E-state index is 12.0. The highest BCUT2D eigenvalue weighted by Gasteiger charge is 2.25. The lowest BCUT2D eigenvalue weighted by Crippen LogP contribution is -2.38. The van der Waals surface area contributed by atoms with E-state index in [1.54, 1.807) is 12.1 Å². The summed E-state index contributed by atoms with van der Waals surface area (Å²) in [6.45, 7) is 4.47. The molecular weight excluding hydrogens is 292 g/mol. The number of hydrogen-bond acceptors (Lipinski definition) is 5. The smallest absolute Gasteiger partial charge is 0.340 e. The van der Waals surface area contributed by atoms with Gasteiger partial charge in [-0.25, -0.2) is 4.79 Å². The van der Waals surface area contributed by atoms with Crippen LogP contribution in [-0.2, 0) is 4.74 Å². The van der Waals surface area contributed by atoms with Gasteiger partial charge in [-0.2, -0.15) is 0 Å². The third-order valence-electron chi connectivity index (χ3n) is 3.50. The van der Waals surface area contributed by atoms with Crippen LogP contribution in [0.5, 0.6) is 0 Å². The first kappa shape index (κ1) is 17.6. The zero-order valence-corrected chi connectivity index (χ0v) is 13.5. The Morgan fingerprint density at radius 3 is 2.52 bits per heavy atom.